The topological polar surface area (TPSA) is 43.9 Å². The van der Waals surface area contributed by atoms with Gasteiger partial charge < -0.3 is 9.80 Å². The lowest BCUT2D eigenvalue weighted by molar-refractivity contribution is -0.130. The van der Waals surface area contributed by atoms with E-state index in [1.807, 2.05) is 21.9 Å². The molecule has 2 fully saturated rings. The van der Waals surface area contributed by atoms with E-state index in [9.17, 15) is 9.59 Å². The molecule has 1 aromatic carbocycles. The van der Waals surface area contributed by atoms with Crippen LogP contribution in [-0.4, -0.2) is 71.8 Å². The van der Waals surface area contributed by atoms with E-state index < -0.39 is 0 Å². The standard InChI is InChI=1S/C22H33N3O2/c1-17(2)23-12-14-25(15-13-23)22(27)21-6-4-19(5-7-21)16-20-8-10-24(11-9-20)18(3)26/h4-7,17,20H,8-16H2,1-3H3. The molecular formula is C22H33N3O2. The van der Waals surface area contributed by atoms with E-state index in [0.29, 0.717) is 12.0 Å². The lowest BCUT2D eigenvalue weighted by Gasteiger charge is -2.37. The van der Waals surface area contributed by atoms with Crippen molar-refractivity contribution in [1.29, 1.82) is 0 Å². The van der Waals surface area contributed by atoms with Crippen molar-refractivity contribution in [3.8, 4) is 0 Å². The van der Waals surface area contributed by atoms with Crippen LogP contribution in [0.1, 0.15) is 49.5 Å². The minimum Gasteiger partial charge on any atom is -0.343 e. The summed E-state index contributed by atoms with van der Waals surface area (Å²) in [6.07, 6.45) is 3.17. The van der Waals surface area contributed by atoms with Crippen LogP contribution in [0.25, 0.3) is 0 Å². The van der Waals surface area contributed by atoms with Crippen molar-refractivity contribution in [3.05, 3.63) is 35.4 Å². The Balaban J connectivity index is 1.50. The average molecular weight is 372 g/mol. The Hall–Kier alpha value is -1.88. The summed E-state index contributed by atoms with van der Waals surface area (Å²) in [5.74, 6) is 0.969. The van der Waals surface area contributed by atoms with Gasteiger partial charge in [-0.3, -0.25) is 14.5 Å². The first-order valence-electron chi connectivity index (χ1n) is 10.3. The summed E-state index contributed by atoms with van der Waals surface area (Å²) in [4.78, 5) is 30.5. The highest BCUT2D eigenvalue weighted by Gasteiger charge is 2.24. The predicted octanol–water partition coefficient (Wildman–Crippen LogP) is 2.65. The van der Waals surface area contributed by atoms with Crippen LogP contribution in [-0.2, 0) is 11.2 Å². The summed E-state index contributed by atoms with van der Waals surface area (Å²) >= 11 is 0. The maximum absolute atomic E-state index is 12.7. The Labute approximate surface area is 163 Å². The first-order chi connectivity index (χ1) is 12.9. The lowest BCUT2D eigenvalue weighted by atomic mass is 9.90. The number of benzene rings is 1. The van der Waals surface area contributed by atoms with Crippen LogP contribution in [0, 0.1) is 5.92 Å². The Morgan fingerprint density at radius 3 is 2.04 bits per heavy atom. The fourth-order valence-electron chi connectivity index (χ4n) is 4.19. The molecule has 2 aliphatic heterocycles. The molecule has 0 N–H and O–H groups in total. The first kappa shape index (κ1) is 19.9. The number of hydrogen-bond donors (Lipinski definition) is 0. The van der Waals surface area contributed by atoms with Gasteiger partial charge in [-0.05, 0) is 56.7 Å². The van der Waals surface area contributed by atoms with Crippen LogP contribution in [0.3, 0.4) is 0 Å². The molecule has 2 aliphatic rings. The average Bonchev–Trinajstić information content (AvgIpc) is 2.68. The third-order valence-corrected chi connectivity index (χ3v) is 6.12. The molecule has 148 valence electrons. The van der Waals surface area contributed by atoms with Crippen molar-refractivity contribution in [2.75, 3.05) is 39.3 Å². The van der Waals surface area contributed by atoms with Gasteiger partial charge in [0.2, 0.25) is 5.91 Å². The maximum atomic E-state index is 12.7. The van der Waals surface area contributed by atoms with Gasteiger partial charge in [0.1, 0.15) is 0 Å². The maximum Gasteiger partial charge on any atom is 0.253 e. The van der Waals surface area contributed by atoms with Crippen LogP contribution in [0.5, 0.6) is 0 Å². The van der Waals surface area contributed by atoms with E-state index in [2.05, 4.69) is 30.9 Å². The van der Waals surface area contributed by atoms with E-state index in [1.165, 1.54) is 5.56 Å². The van der Waals surface area contributed by atoms with Crippen molar-refractivity contribution >= 4 is 11.8 Å². The molecule has 1 aromatic rings. The van der Waals surface area contributed by atoms with E-state index in [-0.39, 0.29) is 11.8 Å². The van der Waals surface area contributed by atoms with E-state index >= 15 is 0 Å². The fraction of sp³-hybridized carbons (Fsp3) is 0.636. The van der Waals surface area contributed by atoms with Crippen molar-refractivity contribution < 1.29 is 9.59 Å². The van der Waals surface area contributed by atoms with E-state index in [0.717, 1.165) is 64.1 Å². The summed E-state index contributed by atoms with van der Waals surface area (Å²) in [7, 11) is 0. The zero-order chi connectivity index (χ0) is 19.4. The number of piperazine rings is 1. The van der Waals surface area contributed by atoms with Crippen molar-refractivity contribution in [3.63, 3.8) is 0 Å². The summed E-state index contributed by atoms with van der Waals surface area (Å²) in [5, 5.41) is 0. The smallest absolute Gasteiger partial charge is 0.253 e. The first-order valence-corrected chi connectivity index (χ1v) is 10.3. The molecule has 0 radical (unpaired) electrons. The molecule has 27 heavy (non-hydrogen) atoms. The molecule has 3 rings (SSSR count). The second-order valence-corrected chi connectivity index (χ2v) is 8.27. The highest BCUT2D eigenvalue weighted by molar-refractivity contribution is 5.94. The van der Waals surface area contributed by atoms with Gasteiger partial charge in [0.05, 0.1) is 0 Å². The van der Waals surface area contributed by atoms with E-state index in [4.69, 9.17) is 0 Å². The van der Waals surface area contributed by atoms with Gasteiger partial charge in [-0.15, -0.1) is 0 Å². The molecular weight excluding hydrogens is 338 g/mol. The van der Waals surface area contributed by atoms with Crippen molar-refractivity contribution in [1.82, 2.24) is 14.7 Å². The fourth-order valence-corrected chi connectivity index (χ4v) is 4.19. The largest absolute Gasteiger partial charge is 0.343 e. The monoisotopic (exact) mass is 371 g/mol. The molecule has 0 bridgehead atoms. The number of likely N-dealkylation sites (tertiary alicyclic amines) is 1. The quantitative estimate of drug-likeness (QED) is 0.817. The Kier molecular flexibility index (Phi) is 6.53. The second kappa shape index (κ2) is 8.87. The van der Waals surface area contributed by atoms with Crippen LogP contribution in [0.2, 0.25) is 0 Å². The molecule has 2 heterocycles. The normalized spacial score (nSPS) is 19.6. The van der Waals surface area contributed by atoms with Crippen LogP contribution < -0.4 is 0 Å². The zero-order valence-electron chi connectivity index (χ0n) is 17.0. The number of carbonyl (C=O) groups is 2. The summed E-state index contributed by atoms with van der Waals surface area (Å²) in [6, 6.07) is 8.72. The van der Waals surface area contributed by atoms with Gasteiger partial charge in [0.15, 0.2) is 0 Å². The second-order valence-electron chi connectivity index (χ2n) is 8.27. The SMILES string of the molecule is CC(=O)N1CCC(Cc2ccc(C(=O)N3CCN(C(C)C)CC3)cc2)CC1. The van der Waals surface area contributed by atoms with Crippen molar-refractivity contribution in [2.45, 2.75) is 46.1 Å². The highest BCUT2D eigenvalue weighted by atomic mass is 16.2. The summed E-state index contributed by atoms with van der Waals surface area (Å²) < 4.78 is 0. The molecule has 5 heteroatoms. The van der Waals surface area contributed by atoms with Crippen LogP contribution >= 0.6 is 0 Å². The highest BCUT2D eigenvalue weighted by Crippen LogP contribution is 2.22. The molecule has 2 saturated heterocycles. The minimum atomic E-state index is 0.153. The molecule has 5 nitrogen and oxygen atoms in total. The lowest BCUT2D eigenvalue weighted by Crippen LogP contribution is -2.50. The molecule has 0 atom stereocenters. The van der Waals surface area contributed by atoms with Crippen molar-refractivity contribution in [2.24, 2.45) is 5.92 Å². The molecule has 2 amide bonds. The number of carbonyl (C=O) groups excluding carboxylic acids is 2. The summed E-state index contributed by atoms with van der Waals surface area (Å²) in [6.45, 7) is 11.4. The molecule has 0 spiro atoms. The Morgan fingerprint density at radius 2 is 1.52 bits per heavy atom. The number of hydrogen-bond acceptors (Lipinski definition) is 3. The number of nitrogens with zero attached hydrogens (tertiary/aromatic N) is 3. The minimum absolute atomic E-state index is 0.153. The predicted molar refractivity (Wildman–Crippen MR) is 108 cm³/mol. The molecule has 0 aliphatic carbocycles. The molecule has 0 saturated carbocycles. The molecule has 0 unspecified atom stereocenters. The van der Waals surface area contributed by atoms with Gasteiger partial charge in [0.25, 0.3) is 5.91 Å². The van der Waals surface area contributed by atoms with Crippen LogP contribution in [0.4, 0.5) is 0 Å². The third-order valence-electron chi connectivity index (χ3n) is 6.12. The van der Waals surface area contributed by atoms with E-state index in [1.54, 1.807) is 6.92 Å². The van der Waals surface area contributed by atoms with Gasteiger partial charge in [-0.2, -0.15) is 0 Å². The van der Waals surface area contributed by atoms with Gasteiger partial charge in [-0.25, -0.2) is 0 Å². The number of amides is 2. The summed E-state index contributed by atoms with van der Waals surface area (Å²) in [5.41, 5.74) is 2.08. The Bertz CT molecular complexity index is 640. The van der Waals surface area contributed by atoms with Crippen LogP contribution in [0.15, 0.2) is 24.3 Å². The Morgan fingerprint density at radius 1 is 0.926 bits per heavy atom. The molecule has 0 aromatic heterocycles. The number of piperidine rings is 1. The number of rotatable bonds is 4. The van der Waals surface area contributed by atoms with Gasteiger partial charge in [-0.1, -0.05) is 12.1 Å². The van der Waals surface area contributed by atoms with Gasteiger partial charge in [0, 0.05) is 57.8 Å². The zero-order valence-corrected chi connectivity index (χ0v) is 17.0. The van der Waals surface area contributed by atoms with Gasteiger partial charge >= 0.3 is 0 Å². The third kappa shape index (κ3) is 5.10.